The Hall–Kier alpha value is -1.18. The molecule has 13 heavy (non-hydrogen) atoms. The van der Waals surface area contributed by atoms with Gasteiger partial charge in [0, 0.05) is 11.1 Å². The zero-order valence-electron chi connectivity index (χ0n) is 8.33. The molecule has 0 saturated heterocycles. The average Bonchev–Trinajstić information content (AvgIpc) is 2.47. The standard InChI is InChI=1S/C11H14N2/c1-11(2,3)10-5-4-8-9(13-10)6-7-12-8/h4-6H,7H2,1-3H3. The van der Waals surface area contributed by atoms with E-state index in [1.54, 1.807) is 0 Å². The molecule has 1 aliphatic rings. The van der Waals surface area contributed by atoms with E-state index in [0.29, 0.717) is 0 Å². The highest BCUT2D eigenvalue weighted by Gasteiger charge is 2.15. The fourth-order valence-electron chi connectivity index (χ4n) is 1.40. The van der Waals surface area contributed by atoms with Crippen LogP contribution >= 0.6 is 0 Å². The summed E-state index contributed by atoms with van der Waals surface area (Å²) in [5.74, 6) is 0. The molecule has 1 aromatic heterocycles. The highest BCUT2D eigenvalue weighted by Crippen LogP contribution is 2.17. The molecule has 2 nitrogen and oxygen atoms in total. The van der Waals surface area contributed by atoms with Crippen molar-refractivity contribution in [1.29, 1.82) is 0 Å². The second kappa shape index (κ2) is 2.66. The smallest absolute Gasteiger partial charge is 0.0863 e. The Bertz CT molecular complexity index is 438. The molecule has 2 heteroatoms. The molecule has 0 atom stereocenters. The maximum Gasteiger partial charge on any atom is 0.0863 e. The van der Waals surface area contributed by atoms with E-state index in [1.165, 1.54) is 0 Å². The van der Waals surface area contributed by atoms with Crippen molar-refractivity contribution in [2.45, 2.75) is 26.2 Å². The zero-order chi connectivity index (χ0) is 9.47. The van der Waals surface area contributed by atoms with Crippen LogP contribution in [-0.2, 0) is 5.41 Å². The molecular weight excluding hydrogens is 160 g/mol. The molecule has 1 aliphatic heterocycles. The lowest BCUT2D eigenvalue weighted by molar-refractivity contribution is 0.566. The lowest BCUT2D eigenvalue weighted by Gasteiger charge is -2.16. The summed E-state index contributed by atoms with van der Waals surface area (Å²) in [6.07, 6.45) is 2.07. The highest BCUT2D eigenvalue weighted by molar-refractivity contribution is 5.27. The molecule has 0 spiro atoms. The van der Waals surface area contributed by atoms with Crippen LogP contribution in [-0.4, -0.2) is 11.5 Å². The van der Waals surface area contributed by atoms with Crippen molar-refractivity contribution >= 4 is 6.08 Å². The minimum atomic E-state index is 0.130. The van der Waals surface area contributed by atoms with Crippen LogP contribution < -0.4 is 10.7 Å². The van der Waals surface area contributed by atoms with Gasteiger partial charge in [0.2, 0.25) is 0 Å². The maximum absolute atomic E-state index is 4.58. The molecular formula is C11H14N2. The SMILES string of the molecule is CC(C)(C)c1ccc2c(n1)=CCN=2. The zero-order valence-corrected chi connectivity index (χ0v) is 8.33. The quantitative estimate of drug-likeness (QED) is 0.571. The number of hydrogen-bond donors (Lipinski definition) is 0. The molecule has 68 valence electrons. The topological polar surface area (TPSA) is 25.2 Å². The Labute approximate surface area is 78.0 Å². The average molecular weight is 174 g/mol. The number of fused-ring (bicyclic) bond motifs is 1. The van der Waals surface area contributed by atoms with E-state index in [0.717, 1.165) is 22.9 Å². The van der Waals surface area contributed by atoms with Gasteiger partial charge >= 0.3 is 0 Å². The van der Waals surface area contributed by atoms with Crippen molar-refractivity contribution in [3.63, 3.8) is 0 Å². The van der Waals surface area contributed by atoms with Crippen LogP contribution in [0, 0.1) is 0 Å². The predicted octanol–water partition coefficient (Wildman–Crippen LogP) is 0.793. The normalized spacial score (nSPS) is 14.7. The van der Waals surface area contributed by atoms with Gasteiger partial charge in [-0.25, -0.2) is 0 Å². The molecule has 0 aliphatic carbocycles. The Morgan fingerprint density at radius 1 is 1.23 bits per heavy atom. The molecule has 0 fully saturated rings. The Kier molecular flexibility index (Phi) is 1.72. The van der Waals surface area contributed by atoms with E-state index in [-0.39, 0.29) is 5.41 Å². The molecule has 0 saturated carbocycles. The molecule has 0 unspecified atom stereocenters. The Morgan fingerprint density at radius 3 is 2.69 bits per heavy atom. The maximum atomic E-state index is 4.58. The summed E-state index contributed by atoms with van der Waals surface area (Å²) >= 11 is 0. The van der Waals surface area contributed by atoms with Crippen LogP contribution in [0.25, 0.3) is 6.08 Å². The van der Waals surface area contributed by atoms with E-state index < -0.39 is 0 Å². The van der Waals surface area contributed by atoms with Gasteiger partial charge in [-0.05, 0) is 18.2 Å². The van der Waals surface area contributed by atoms with Crippen molar-refractivity contribution in [2.24, 2.45) is 4.99 Å². The van der Waals surface area contributed by atoms with Crippen molar-refractivity contribution in [3.8, 4) is 0 Å². The Balaban J connectivity index is 2.62. The fourth-order valence-corrected chi connectivity index (χ4v) is 1.40. The first-order valence-corrected chi connectivity index (χ1v) is 4.59. The monoisotopic (exact) mass is 174 g/mol. The molecule has 2 heterocycles. The van der Waals surface area contributed by atoms with Gasteiger partial charge in [-0.15, -0.1) is 0 Å². The summed E-state index contributed by atoms with van der Waals surface area (Å²) in [5.41, 5.74) is 1.27. The van der Waals surface area contributed by atoms with Crippen LogP contribution in [0.5, 0.6) is 0 Å². The van der Waals surface area contributed by atoms with Gasteiger partial charge in [0.1, 0.15) is 0 Å². The molecule has 0 radical (unpaired) electrons. The van der Waals surface area contributed by atoms with Crippen LogP contribution in [0.4, 0.5) is 0 Å². The molecule has 1 aromatic rings. The van der Waals surface area contributed by atoms with Crippen LogP contribution in [0.2, 0.25) is 0 Å². The number of aromatic nitrogens is 1. The van der Waals surface area contributed by atoms with Gasteiger partial charge in [0.05, 0.1) is 17.3 Å². The minimum absolute atomic E-state index is 0.130. The number of pyridine rings is 1. The molecule has 0 N–H and O–H groups in total. The second-order valence-electron chi connectivity index (χ2n) is 4.40. The molecule has 0 bridgehead atoms. The van der Waals surface area contributed by atoms with Crippen LogP contribution in [0.3, 0.4) is 0 Å². The second-order valence-corrected chi connectivity index (χ2v) is 4.40. The number of rotatable bonds is 0. The third-order valence-corrected chi connectivity index (χ3v) is 2.22. The van der Waals surface area contributed by atoms with E-state index in [1.807, 2.05) is 0 Å². The first-order chi connectivity index (χ1) is 6.07. The number of nitrogens with zero attached hydrogens (tertiary/aromatic N) is 2. The third-order valence-electron chi connectivity index (χ3n) is 2.22. The highest BCUT2D eigenvalue weighted by atomic mass is 14.8. The predicted molar refractivity (Wildman–Crippen MR) is 53.1 cm³/mol. The number of hydrogen-bond acceptors (Lipinski definition) is 2. The fraction of sp³-hybridized carbons (Fsp3) is 0.455. The van der Waals surface area contributed by atoms with Crippen molar-refractivity contribution in [1.82, 2.24) is 4.98 Å². The molecule has 2 rings (SSSR count). The minimum Gasteiger partial charge on any atom is -0.279 e. The van der Waals surface area contributed by atoms with Crippen molar-refractivity contribution in [3.05, 3.63) is 28.5 Å². The van der Waals surface area contributed by atoms with E-state index in [4.69, 9.17) is 0 Å². The van der Waals surface area contributed by atoms with Gasteiger partial charge in [0.15, 0.2) is 0 Å². The van der Waals surface area contributed by atoms with E-state index >= 15 is 0 Å². The molecule has 0 amide bonds. The summed E-state index contributed by atoms with van der Waals surface area (Å²) < 4.78 is 0. The third kappa shape index (κ3) is 1.48. The molecule has 0 aromatic carbocycles. The summed E-state index contributed by atoms with van der Waals surface area (Å²) in [4.78, 5) is 8.88. The lowest BCUT2D eigenvalue weighted by Crippen LogP contribution is -2.29. The summed E-state index contributed by atoms with van der Waals surface area (Å²) in [6.45, 7) is 7.31. The first-order valence-electron chi connectivity index (χ1n) is 4.59. The first kappa shape index (κ1) is 8.42. The lowest BCUT2D eigenvalue weighted by atomic mass is 9.92. The summed E-state index contributed by atoms with van der Waals surface area (Å²) in [6, 6.07) is 4.13. The van der Waals surface area contributed by atoms with Gasteiger partial charge in [-0.3, -0.25) is 9.98 Å². The van der Waals surface area contributed by atoms with Gasteiger partial charge in [0.25, 0.3) is 0 Å². The van der Waals surface area contributed by atoms with Gasteiger partial charge < -0.3 is 0 Å². The summed E-state index contributed by atoms with van der Waals surface area (Å²) in [5, 5.41) is 2.08. The van der Waals surface area contributed by atoms with Crippen LogP contribution in [0.15, 0.2) is 17.1 Å². The largest absolute Gasteiger partial charge is 0.279 e. The van der Waals surface area contributed by atoms with Crippen LogP contribution in [0.1, 0.15) is 26.5 Å². The van der Waals surface area contributed by atoms with Crippen molar-refractivity contribution < 1.29 is 0 Å². The summed E-state index contributed by atoms with van der Waals surface area (Å²) in [7, 11) is 0. The van der Waals surface area contributed by atoms with Crippen molar-refractivity contribution in [2.75, 3.05) is 6.54 Å². The van der Waals surface area contributed by atoms with Gasteiger partial charge in [-0.2, -0.15) is 0 Å². The van der Waals surface area contributed by atoms with Gasteiger partial charge in [-0.1, -0.05) is 20.8 Å². The van der Waals surface area contributed by atoms with E-state index in [2.05, 4.69) is 49.0 Å². The van der Waals surface area contributed by atoms with E-state index in [9.17, 15) is 0 Å². The Morgan fingerprint density at radius 2 is 2.00 bits per heavy atom.